The van der Waals surface area contributed by atoms with E-state index in [1.807, 2.05) is 0 Å². The molecule has 4 nitrogen and oxygen atoms in total. The first-order valence-corrected chi connectivity index (χ1v) is 8.00. The van der Waals surface area contributed by atoms with E-state index in [0.29, 0.717) is 22.1 Å². The molecule has 126 valence electrons. The first kappa shape index (κ1) is 15.8. The quantitative estimate of drug-likeness (QED) is 0.708. The number of nitrogens with zero attached hydrogens (tertiary/aromatic N) is 1. The van der Waals surface area contributed by atoms with Crippen molar-refractivity contribution in [2.75, 3.05) is 5.32 Å². The van der Waals surface area contributed by atoms with E-state index in [2.05, 4.69) is 15.5 Å². The van der Waals surface area contributed by atoms with Crippen molar-refractivity contribution in [2.45, 2.75) is 12.3 Å². The Balaban J connectivity index is 1.90. The molecule has 2 aromatic carbocycles. The van der Waals surface area contributed by atoms with Crippen LogP contribution in [0.1, 0.15) is 23.5 Å². The van der Waals surface area contributed by atoms with Gasteiger partial charge in [0.2, 0.25) is 5.91 Å². The van der Waals surface area contributed by atoms with Crippen LogP contribution in [0, 0.1) is 11.6 Å². The molecule has 3 aromatic rings. The molecule has 0 fully saturated rings. The Morgan fingerprint density at radius 3 is 2.64 bits per heavy atom. The van der Waals surface area contributed by atoms with Crippen LogP contribution < -0.4 is 5.32 Å². The molecule has 0 radical (unpaired) electrons. The van der Waals surface area contributed by atoms with Gasteiger partial charge in [0.05, 0.1) is 5.69 Å². The molecule has 2 N–H and O–H groups in total. The number of carbonyl (C=O) groups is 1. The molecule has 25 heavy (non-hydrogen) atoms. The van der Waals surface area contributed by atoms with Crippen molar-refractivity contribution < 1.29 is 13.6 Å². The SMILES string of the molecule is O=C1C[C@H](c2cccc(F)c2F)c2c(n[nH]c2-c2ccc(Cl)cc2)N1. The van der Waals surface area contributed by atoms with Crippen molar-refractivity contribution in [2.24, 2.45) is 0 Å². The van der Waals surface area contributed by atoms with Gasteiger partial charge in [-0.1, -0.05) is 35.9 Å². The normalized spacial score (nSPS) is 16.4. The van der Waals surface area contributed by atoms with Crippen molar-refractivity contribution in [3.05, 3.63) is 70.2 Å². The fourth-order valence-electron chi connectivity index (χ4n) is 3.15. The minimum Gasteiger partial charge on any atom is -0.309 e. The number of nitrogens with one attached hydrogen (secondary N) is 2. The Kier molecular flexibility index (Phi) is 3.77. The molecule has 1 aliphatic heterocycles. The van der Waals surface area contributed by atoms with Gasteiger partial charge in [-0.2, -0.15) is 5.10 Å². The van der Waals surface area contributed by atoms with Gasteiger partial charge < -0.3 is 5.32 Å². The van der Waals surface area contributed by atoms with Gasteiger partial charge in [0, 0.05) is 28.5 Å². The summed E-state index contributed by atoms with van der Waals surface area (Å²) in [6, 6.07) is 11.0. The third-order valence-electron chi connectivity index (χ3n) is 4.29. The van der Waals surface area contributed by atoms with Crippen LogP contribution in [0.2, 0.25) is 5.02 Å². The third-order valence-corrected chi connectivity index (χ3v) is 4.54. The molecule has 0 aliphatic carbocycles. The topological polar surface area (TPSA) is 57.8 Å². The Hall–Kier alpha value is -2.73. The van der Waals surface area contributed by atoms with Crippen LogP contribution in [0.15, 0.2) is 42.5 Å². The number of fused-ring (bicyclic) bond motifs is 1. The summed E-state index contributed by atoms with van der Waals surface area (Å²) in [7, 11) is 0. The molecule has 1 amide bonds. The lowest BCUT2D eigenvalue weighted by molar-refractivity contribution is -0.116. The molecular formula is C18H12ClF2N3O. The van der Waals surface area contributed by atoms with Crippen LogP contribution in [-0.2, 0) is 4.79 Å². The number of hydrogen-bond acceptors (Lipinski definition) is 2. The van der Waals surface area contributed by atoms with Crippen molar-refractivity contribution in [3.8, 4) is 11.3 Å². The molecule has 7 heteroatoms. The molecule has 0 saturated carbocycles. The zero-order valence-electron chi connectivity index (χ0n) is 12.8. The number of aromatic amines is 1. The van der Waals surface area contributed by atoms with E-state index >= 15 is 0 Å². The summed E-state index contributed by atoms with van der Waals surface area (Å²) >= 11 is 5.92. The number of anilines is 1. The lowest BCUT2D eigenvalue weighted by atomic mass is 9.84. The highest BCUT2D eigenvalue weighted by Gasteiger charge is 2.34. The molecular weight excluding hydrogens is 348 g/mol. The largest absolute Gasteiger partial charge is 0.309 e. The minimum absolute atomic E-state index is 0.00744. The zero-order valence-corrected chi connectivity index (χ0v) is 13.6. The lowest BCUT2D eigenvalue weighted by Crippen LogP contribution is -2.24. The third kappa shape index (κ3) is 2.68. The van der Waals surface area contributed by atoms with Crippen molar-refractivity contribution in [1.29, 1.82) is 0 Å². The van der Waals surface area contributed by atoms with Crippen LogP contribution in [0.25, 0.3) is 11.3 Å². The van der Waals surface area contributed by atoms with E-state index in [1.54, 1.807) is 24.3 Å². The molecule has 1 atom stereocenters. The molecule has 0 bridgehead atoms. The summed E-state index contributed by atoms with van der Waals surface area (Å²) in [5.41, 5.74) is 2.19. The lowest BCUT2D eigenvalue weighted by Gasteiger charge is -2.24. The van der Waals surface area contributed by atoms with Crippen LogP contribution in [0.3, 0.4) is 0 Å². The van der Waals surface area contributed by atoms with Gasteiger partial charge in [-0.05, 0) is 23.8 Å². The van der Waals surface area contributed by atoms with Crippen LogP contribution in [0.5, 0.6) is 0 Å². The van der Waals surface area contributed by atoms with Crippen molar-refractivity contribution in [3.63, 3.8) is 0 Å². The van der Waals surface area contributed by atoms with E-state index in [9.17, 15) is 13.6 Å². The second-order valence-electron chi connectivity index (χ2n) is 5.82. The molecule has 1 aliphatic rings. The Morgan fingerprint density at radius 2 is 1.88 bits per heavy atom. The number of amides is 1. The molecule has 1 aromatic heterocycles. The number of carbonyl (C=O) groups excluding carboxylic acids is 1. The number of H-pyrrole nitrogens is 1. The molecule has 4 rings (SSSR count). The van der Waals surface area contributed by atoms with Gasteiger partial charge in [0.1, 0.15) is 0 Å². The first-order chi connectivity index (χ1) is 12.0. The highest BCUT2D eigenvalue weighted by Crippen LogP contribution is 2.42. The maximum absolute atomic E-state index is 14.3. The van der Waals surface area contributed by atoms with Crippen LogP contribution in [-0.4, -0.2) is 16.1 Å². The number of halogens is 3. The summed E-state index contributed by atoms with van der Waals surface area (Å²) in [5.74, 6) is -2.49. The summed E-state index contributed by atoms with van der Waals surface area (Å²) in [6.45, 7) is 0. The van der Waals surface area contributed by atoms with Crippen molar-refractivity contribution >= 4 is 23.3 Å². The van der Waals surface area contributed by atoms with E-state index < -0.39 is 17.6 Å². The van der Waals surface area contributed by atoms with E-state index in [4.69, 9.17) is 11.6 Å². The average molecular weight is 360 g/mol. The molecule has 0 saturated heterocycles. The Labute approximate surface area is 146 Å². The summed E-state index contributed by atoms with van der Waals surface area (Å²) in [6.07, 6.45) is 0.00744. The highest BCUT2D eigenvalue weighted by molar-refractivity contribution is 6.30. The van der Waals surface area contributed by atoms with Crippen LogP contribution in [0.4, 0.5) is 14.6 Å². The number of hydrogen-bond donors (Lipinski definition) is 2. The standard InChI is InChI=1S/C18H12ClF2N3O/c19-10-6-4-9(5-7-10)17-15-12(8-14(25)22-18(15)24-23-17)11-2-1-3-13(20)16(11)21/h1-7,12H,8H2,(H2,22,23,24,25)/t12-/m1/s1. The fraction of sp³-hybridized carbons (Fsp3) is 0.111. The average Bonchev–Trinajstić information content (AvgIpc) is 3.01. The van der Waals surface area contributed by atoms with E-state index in [0.717, 1.165) is 11.6 Å². The smallest absolute Gasteiger partial charge is 0.226 e. The second-order valence-corrected chi connectivity index (χ2v) is 6.25. The van der Waals surface area contributed by atoms with E-state index in [-0.39, 0.29) is 17.9 Å². The maximum atomic E-state index is 14.3. The first-order valence-electron chi connectivity index (χ1n) is 7.62. The van der Waals surface area contributed by atoms with Gasteiger partial charge in [-0.3, -0.25) is 9.89 Å². The predicted octanol–water partition coefficient (Wildman–Crippen LogP) is 4.48. The van der Waals surface area contributed by atoms with Gasteiger partial charge in [-0.15, -0.1) is 0 Å². The summed E-state index contributed by atoms with van der Waals surface area (Å²) < 4.78 is 28.0. The summed E-state index contributed by atoms with van der Waals surface area (Å²) in [5, 5.41) is 10.3. The number of rotatable bonds is 2. The van der Waals surface area contributed by atoms with Gasteiger partial charge in [-0.25, -0.2) is 8.78 Å². The van der Waals surface area contributed by atoms with Crippen LogP contribution >= 0.6 is 11.6 Å². The Bertz CT molecular complexity index is 969. The number of benzene rings is 2. The van der Waals surface area contributed by atoms with Gasteiger partial charge in [0.15, 0.2) is 17.5 Å². The molecule has 2 heterocycles. The predicted molar refractivity (Wildman–Crippen MR) is 90.5 cm³/mol. The maximum Gasteiger partial charge on any atom is 0.226 e. The monoisotopic (exact) mass is 359 g/mol. The zero-order chi connectivity index (χ0) is 17.6. The minimum atomic E-state index is -0.948. The van der Waals surface area contributed by atoms with E-state index in [1.165, 1.54) is 12.1 Å². The fourth-order valence-corrected chi connectivity index (χ4v) is 3.27. The highest BCUT2D eigenvalue weighted by atomic mass is 35.5. The van der Waals surface area contributed by atoms with Crippen molar-refractivity contribution in [1.82, 2.24) is 10.2 Å². The van der Waals surface area contributed by atoms with Gasteiger partial charge >= 0.3 is 0 Å². The summed E-state index contributed by atoms with van der Waals surface area (Å²) in [4.78, 5) is 12.0. The number of aromatic nitrogens is 2. The second kappa shape index (κ2) is 5.97. The Morgan fingerprint density at radius 1 is 1.12 bits per heavy atom. The molecule has 0 unspecified atom stereocenters. The van der Waals surface area contributed by atoms with Gasteiger partial charge in [0.25, 0.3) is 0 Å². The molecule has 0 spiro atoms.